The van der Waals surface area contributed by atoms with Gasteiger partial charge in [-0.1, -0.05) is 36.4 Å². The summed E-state index contributed by atoms with van der Waals surface area (Å²) in [5.74, 6) is 0.301. The molecule has 0 aliphatic heterocycles. The Bertz CT molecular complexity index is 1190. The highest BCUT2D eigenvalue weighted by Crippen LogP contribution is 2.22. The van der Waals surface area contributed by atoms with E-state index in [2.05, 4.69) is 10.0 Å². The lowest BCUT2D eigenvalue weighted by Gasteiger charge is -2.25. The minimum absolute atomic E-state index is 0.0147. The van der Waals surface area contributed by atoms with Crippen LogP contribution in [0.2, 0.25) is 0 Å². The number of amides is 1. The molecular formula is C25H29N3O4S. The van der Waals surface area contributed by atoms with Gasteiger partial charge in [-0.15, -0.1) is 0 Å². The fraction of sp³-hybridized carbons (Fsp3) is 0.240. The zero-order valence-electron chi connectivity index (χ0n) is 19.2. The molecule has 0 heterocycles. The van der Waals surface area contributed by atoms with Crippen molar-refractivity contribution in [2.24, 2.45) is 0 Å². The predicted octanol–water partition coefficient (Wildman–Crippen LogP) is 3.84. The Balaban J connectivity index is 1.77. The third-order valence-electron chi connectivity index (χ3n) is 5.37. The molecule has 3 rings (SSSR count). The van der Waals surface area contributed by atoms with E-state index in [1.165, 1.54) is 12.1 Å². The van der Waals surface area contributed by atoms with Gasteiger partial charge in [0.25, 0.3) is 15.9 Å². The Kier molecular flexibility index (Phi) is 7.73. The highest BCUT2D eigenvalue weighted by atomic mass is 32.2. The summed E-state index contributed by atoms with van der Waals surface area (Å²) in [6, 6.07) is 21.0. The van der Waals surface area contributed by atoms with Crippen molar-refractivity contribution in [3.05, 3.63) is 89.5 Å². The van der Waals surface area contributed by atoms with Crippen LogP contribution in [0.25, 0.3) is 0 Å². The van der Waals surface area contributed by atoms with Crippen molar-refractivity contribution in [1.82, 2.24) is 10.2 Å². The van der Waals surface area contributed by atoms with Gasteiger partial charge >= 0.3 is 0 Å². The van der Waals surface area contributed by atoms with E-state index in [0.717, 1.165) is 5.56 Å². The number of ether oxygens (including phenoxy) is 1. The number of benzene rings is 3. The molecule has 174 valence electrons. The number of nitrogens with zero attached hydrogens (tertiary/aromatic N) is 1. The second-order valence-corrected chi connectivity index (χ2v) is 9.59. The van der Waals surface area contributed by atoms with Crippen LogP contribution in [-0.2, 0) is 10.0 Å². The van der Waals surface area contributed by atoms with E-state index in [9.17, 15) is 13.2 Å². The number of aryl methyl sites for hydroxylation is 1. The van der Waals surface area contributed by atoms with E-state index in [-0.39, 0.29) is 16.8 Å². The summed E-state index contributed by atoms with van der Waals surface area (Å²) in [4.78, 5) is 15.0. The summed E-state index contributed by atoms with van der Waals surface area (Å²) >= 11 is 0. The van der Waals surface area contributed by atoms with E-state index < -0.39 is 10.0 Å². The molecule has 0 saturated heterocycles. The molecule has 33 heavy (non-hydrogen) atoms. The van der Waals surface area contributed by atoms with Gasteiger partial charge in [0.1, 0.15) is 5.75 Å². The van der Waals surface area contributed by atoms with Crippen LogP contribution in [0.4, 0.5) is 5.69 Å². The highest BCUT2D eigenvalue weighted by molar-refractivity contribution is 7.92. The number of carbonyl (C=O) groups is 1. The number of rotatable bonds is 9. The van der Waals surface area contributed by atoms with Crippen LogP contribution in [0.15, 0.2) is 77.7 Å². The molecule has 1 amide bonds. The van der Waals surface area contributed by atoms with Gasteiger partial charge < -0.3 is 15.0 Å². The van der Waals surface area contributed by atoms with Gasteiger partial charge in [-0.3, -0.25) is 9.52 Å². The fourth-order valence-corrected chi connectivity index (χ4v) is 4.53. The Morgan fingerprint density at radius 2 is 1.67 bits per heavy atom. The average molecular weight is 468 g/mol. The van der Waals surface area contributed by atoms with Crippen LogP contribution in [0.3, 0.4) is 0 Å². The largest absolute Gasteiger partial charge is 0.497 e. The van der Waals surface area contributed by atoms with Crippen molar-refractivity contribution in [3.8, 4) is 5.75 Å². The lowest BCUT2D eigenvalue weighted by molar-refractivity contribution is 0.0941. The van der Waals surface area contributed by atoms with Crippen LogP contribution in [0, 0.1) is 6.92 Å². The first-order chi connectivity index (χ1) is 15.7. The number of nitrogens with one attached hydrogen (secondary N) is 2. The Morgan fingerprint density at radius 1 is 1.00 bits per heavy atom. The molecule has 0 unspecified atom stereocenters. The van der Waals surface area contributed by atoms with E-state index in [0.29, 0.717) is 29.1 Å². The van der Waals surface area contributed by atoms with Crippen LogP contribution in [0.1, 0.15) is 27.5 Å². The molecule has 0 radical (unpaired) electrons. The molecule has 0 bridgehead atoms. The first kappa shape index (κ1) is 24.3. The monoisotopic (exact) mass is 467 g/mol. The second-order valence-electron chi connectivity index (χ2n) is 7.91. The summed E-state index contributed by atoms with van der Waals surface area (Å²) in [6.45, 7) is 2.17. The third kappa shape index (κ3) is 6.12. The number of carbonyl (C=O) groups excluding carboxylic acids is 1. The Hall–Kier alpha value is -3.36. The average Bonchev–Trinajstić information content (AvgIpc) is 2.80. The van der Waals surface area contributed by atoms with E-state index >= 15 is 0 Å². The first-order valence-corrected chi connectivity index (χ1v) is 12.0. The lowest BCUT2D eigenvalue weighted by Crippen LogP contribution is -2.35. The van der Waals surface area contributed by atoms with Gasteiger partial charge in [-0.25, -0.2) is 8.42 Å². The van der Waals surface area contributed by atoms with Crippen molar-refractivity contribution in [2.75, 3.05) is 32.5 Å². The summed E-state index contributed by atoms with van der Waals surface area (Å²) in [7, 11) is 1.57. The minimum Gasteiger partial charge on any atom is -0.497 e. The van der Waals surface area contributed by atoms with E-state index in [4.69, 9.17) is 4.74 Å². The number of hydrogen-bond donors (Lipinski definition) is 2. The SMILES string of the molecule is COc1ccc(NS(=O)(=O)c2ccc(C)c(C(=O)NC[C@@H](c3ccccc3)N(C)C)c2)cc1. The fourth-order valence-electron chi connectivity index (χ4n) is 3.44. The maximum atomic E-state index is 13.0. The zero-order valence-corrected chi connectivity index (χ0v) is 20.0. The number of sulfonamides is 1. The third-order valence-corrected chi connectivity index (χ3v) is 6.75. The predicted molar refractivity (Wildman–Crippen MR) is 130 cm³/mol. The highest BCUT2D eigenvalue weighted by Gasteiger charge is 2.20. The van der Waals surface area contributed by atoms with Gasteiger partial charge in [-0.2, -0.15) is 0 Å². The molecule has 0 fully saturated rings. The van der Waals surface area contributed by atoms with Gasteiger partial charge in [0.05, 0.1) is 18.0 Å². The number of anilines is 1. The lowest BCUT2D eigenvalue weighted by atomic mass is 10.1. The van der Waals surface area contributed by atoms with Gasteiger partial charge in [-0.05, 0) is 68.5 Å². The second kappa shape index (κ2) is 10.5. The molecule has 3 aromatic rings. The topological polar surface area (TPSA) is 87.7 Å². The molecule has 0 aliphatic carbocycles. The Morgan fingerprint density at radius 3 is 2.27 bits per heavy atom. The normalized spacial score (nSPS) is 12.3. The van der Waals surface area contributed by atoms with Crippen molar-refractivity contribution in [2.45, 2.75) is 17.9 Å². The smallest absolute Gasteiger partial charge is 0.261 e. The minimum atomic E-state index is -3.87. The number of methoxy groups -OCH3 is 1. The molecule has 0 aromatic heterocycles. The molecular weight excluding hydrogens is 438 g/mol. The first-order valence-electron chi connectivity index (χ1n) is 10.5. The standard InChI is InChI=1S/C25H29N3O4S/c1-18-10-15-22(33(30,31)27-20-11-13-21(32-4)14-12-20)16-23(18)25(29)26-17-24(28(2)3)19-8-6-5-7-9-19/h5-16,24,27H,17H2,1-4H3,(H,26,29)/t24-/m0/s1. The molecule has 1 atom stereocenters. The van der Waals surface area contributed by atoms with Crippen LogP contribution in [0.5, 0.6) is 5.75 Å². The summed E-state index contributed by atoms with van der Waals surface area (Å²) < 4.78 is 33.4. The number of hydrogen-bond acceptors (Lipinski definition) is 5. The van der Waals surface area contributed by atoms with Crippen LogP contribution >= 0.6 is 0 Å². The van der Waals surface area contributed by atoms with Crippen molar-refractivity contribution in [3.63, 3.8) is 0 Å². The molecule has 0 spiro atoms. The summed E-state index contributed by atoms with van der Waals surface area (Å²) in [6.07, 6.45) is 0. The summed E-state index contributed by atoms with van der Waals surface area (Å²) in [5.41, 5.74) is 2.49. The van der Waals surface area contributed by atoms with Gasteiger partial charge in [0.2, 0.25) is 0 Å². The van der Waals surface area contributed by atoms with E-state index in [1.54, 1.807) is 44.4 Å². The van der Waals surface area contributed by atoms with Crippen molar-refractivity contribution in [1.29, 1.82) is 0 Å². The molecule has 0 saturated carbocycles. The zero-order chi connectivity index (χ0) is 24.0. The molecule has 8 heteroatoms. The van der Waals surface area contributed by atoms with E-state index in [1.807, 2.05) is 49.3 Å². The van der Waals surface area contributed by atoms with Crippen LogP contribution in [-0.4, -0.2) is 47.0 Å². The number of likely N-dealkylation sites (N-methyl/N-ethyl adjacent to an activating group) is 1. The maximum absolute atomic E-state index is 13.0. The molecule has 7 nitrogen and oxygen atoms in total. The quantitative estimate of drug-likeness (QED) is 0.499. The molecule has 0 aliphatic rings. The Labute approximate surface area is 195 Å². The summed E-state index contributed by atoms with van der Waals surface area (Å²) in [5, 5.41) is 2.95. The van der Waals surface area contributed by atoms with Gasteiger partial charge in [0, 0.05) is 17.8 Å². The van der Waals surface area contributed by atoms with Crippen molar-refractivity contribution >= 4 is 21.6 Å². The van der Waals surface area contributed by atoms with Crippen molar-refractivity contribution < 1.29 is 17.9 Å². The molecule has 3 aromatic carbocycles. The maximum Gasteiger partial charge on any atom is 0.261 e. The van der Waals surface area contributed by atoms with Gasteiger partial charge in [0.15, 0.2) is 0 Å². The molecule has 2 N–H and O–H groups in total. The van der Waals surface area contributed by atoms with Crippen LogP contribution < -0.4 is 14.8 Å².